The van der Waals surface area contributed by atoms with E-state index in [0.717, 1.165) is 38.0 Å². The van der Waals surface area contributed by atoms with Crippen LogP contribution in [0.1, 0.15) is 38.2 Å². The Balaban J connectivity index is 1.70. The van der Waals surface area contributed by atoms with Crippen LogP contribution in [-0.4, -0.2) is 19.0 Å². The fourth-order valence-electron chi connectivity index (χ4n) is 2.00. The summed E-state index contributed by atoms with van der Waals surface area (Å²) >= 11 is 0. The molecule has 19 heavy (non-hydrogen) atoms. The van der Waals surface area contributed by atoms with Crippen LogP contribution in [0.4, 0.5) is 5.69 Å². The van der Waals surface area contributed by atoms with Gasteiger partial charge in [0.1, 0.15) is 0 Å². The number of carbonyl (C=O) groups is 1. The van der Waals surface area contributed by atoms with Crippen LogP contribution in [0.3, 0.4) is 0 Å². The van der Waals surface area contributed by atoms with E-state index in [9.17, 15) is 4.79 Å². The number of carbonyl (C=O) groups excluding carboxylic acids is 1. The number of rotatable bonds is 8. The highest BCUT2D eigenvalue weighted by atomic mass is 16.2. The van der Waals surface area contributed by atoms with E-state index in [-0.39, 0.29) is 11.8 Å². The molecular formula is C16H24N2O. The lowest BCUT2D eigenvalue weighted by Crippen LogP contribution is -2.18. The Morgan fingerprint density at radius 3 is 2.58 bits per heavy atom. The molecule has 0 spiro atoms. The molecule has 0 aromatic heterocycles. The molecule has 104 valence electrons. The Hall–Kier alpha value is -1.35. The van der Waals surface area contributed by atoms with Gasteiger partial charge in [-0.3, -0.25) is 4.79 Å². The molecule has 2 N–H and O–H groups in total. The zero-order chi connectivity index (χ0) is 13.5. The van der Waals surface area contributed by atoms with Crippen LogP contribution in [0.5, 0.6) is 0 Å². The lowest BCUT2D eigenvalue weighted by molar-refractivity contribution is -0.117. The van der Waals surface area contributed by atoms with Crippen LogP contribution >= 0.6 is 0 Å². The number of nitrogens with one attached hydrogen (secondary N) is 2. The number of amides is 1. The Morgan fingerprint density at radius 2 is 1.95 bits per heavy atom. The Morgan fingerprint density at radius 1 is 1.21 bits per heavy atom. The fourth-order valence-corrected chi connectivity index (χ4v) is 2.00. The van der Waals surface area contributed by atoms with Gasteiger partial charge in [0, 0.05) is 11.6 Å². The minimum atomic E-state index is 0.175. The highest BCUT2D eigenvalue weighted by molar-refractivity contribution is 5.93. The quantitative estimate of drug-likeness (QED) is 0.706. The average molecular weight is 260 g/mol. The summed E-state index contributed by atoms with van der Waals surface area (Å²) in [6, 6.07) is 8.21. The van der Waals surface area contributed by atoms with Crippen molar-refractivity contribution in [3.05, 3.63) is 29.8 Å². The molecule has 1 amide bonds. The van der Waals surface area contributed by atoms with E-state index in [2.05, 4.69) is 29.7 Å². The van der Waals surface area contributed by atoms with Crippen molar-refractivity contribution in [3.8, 4) is 0 Å². The summed E-state index contributed by atoms with van der Waals surface area (Å²) in [4.78, 5) is 11.6. The van der Waals surface area contributed by atoms with E-state index in [1.807, 2.05) is 12.1 Å². The first-order valence-electron chi connectivity index (χ1n) is 7.40. The van der Waals surface area contributed by atoms with Crippen molar-refractivity contribution in [1.29, 1.82) is 0 Å². The third-order valence-corrected chi connectivity index (χ3v) is 3.47. The molecule has 1 fully saturated rings. The minimum absolute atomic E-state index is 0.175. The first-order valence-corrected chi connectivity index (χ1v) is 7.40. The van der Waals surface area contributed by atoms with E-state index in [4.69, 9.17) is 0 Å². The molecule has 1 aromatic rings. The molecule has 1 aliphatic rings. The monoisotopic (exact) mass is 260 g/mol. The number of anilines is 1. The maximum atomic E-state index is 11.6. The van der Waals surface area contributed by atoms with Gasteiger partial charge in [0.25, 0.3) is 0 Å². The minimum Gasteiger partial charge on any atom is -0.326 e. The zero-order valence-corrected chi connectivity index (χ0v) is 11.7. The van der Waals surface area contributed by atoms with E-state index in [0.29, 0.717) is 0 Å². The first-order chi connectivity index (χ1) is 9.29. The van der Waals surface area contributed by atoms with Crippen molar-refractivity contribution in [2.75, 3.05) is 18.4 Å². The van der Waals surface area contributed by atoms with Crippen LogP contribution in [0, 0.1) is 5.92 Å². The van der Waals surface area contributed by atoms with Crippen molar-refractivity contribution in [2.24, 2.45) is 5.92 Å². The van der Waals surface area contributed by atoms with Crippen molar-refractivity contribution in [1.82, 2.24) is 5.32 Å². The van der Waals surface area contributed by atoms with Crippen LogP contribution in [0.25, 0.3) is 0 Å². The third kappa shape index (κ3) is 5.03. The van der Waals surface area contributed by atoms with Gasteiger partial charge in [-0.2, -0.15) is 0 Å². The van der Waals surface area contributed by atoms with Gasteiger partial charge in [-0.1, -0.05) is 25.5 Å². The summed E-state index contributed by atoms with van der Waals surface area (Å²) < 4.78 is 0. The topological polar surface area (TPSA) is 41.1 Å². The predicted molar refractivity (Wildman–Crippen MR) is 79.3 cm³/mol. The molecule has 0 atom stereocenters. The SMILES string of the molecule is CCCCNCCc1ccc(NC(=O)C2CC2)cc1. The molecule has 0 unspecified atom stereocenters. The number of benzene rings is 1. The van der Waals surface area contributed by atoms with Gasteiger partial charge in [-0.05, 0) is 56.5 Å². The maximum Gasteiger partial charge on any atom is 0.227 e. The predicted octanol–water partition coefficient (Wildman–Crippen LogP) is 2.97. The van der Waals surface area contributed by atoms with Crippen LogP contribution < -0.4 is 10.6 Å². The number of hydrogen-bond acceptors (Lipinski definition) is 2. The summed E-state index contributed by atoms with van der Waals surface area (Å²) in [6.45, 7) is 4.33. The molecule has 1 aromatic carbocycles. The molecule has 3 heteroatoms. The van der Waals surface area contributed by atoms with E-state index >= 15 is 0 Å². The molecular weight excluding hydrogens is 236 g/mol. The lowest BCUT2D eigenvalue weighted by atomic mass is 10.1. The molecule has 0 saturated heterocycles. The van der Waals surface area contributed by atoms with Gasteiger partial charge >= 0.3 is 0 Å². The second-order valence-electron chi connectivity index (χ2n) is 5.31. The van der Waals surface area contributed by atoms with E-state index < -0.39 is 0 Å². The Labute approximate surface area is 115 Å². The third-order valence-electron chi connectivity index (χ3n) is 3.47. The molecule has 0 heterocycles. The first kappa shape index (κ1) is 14.1. The van der Waals surface area contributed by atoms with Crippen LogP contribution in [-0.2, 0) is 11.2 Å². The van der Waals surface area contributed by atoms with Gasteiger partial charge in [0.05, 0.1) is 0 Å². The lowest BCUT2D eigenvalue weighted by Gasteiger charge is -2.07. The average Bonchev–Trinajstić information content (AvgIpc) is 3.25. The van der Waals surface area contributed by atoms with E-state index in [1.165, 1.54) is 18.4 Å². The molecule has 1 saturated carbocycles. The Bertz CT molecular complexity index is 396. The number of hydrogen-bond donors (Lipinski definition) is 2. The molecule has 0 aliphatic heterocycles. The molecule has 1 aliphatic carbocycles. The smallest absolute Gasteiger partial charge is 0.227 e. The molecule has 2 rings (SSSR count). The van der Waals surface area contributed by atoms with Gasteiger partial charge in [0.2, 0.25) is 5.91 Å². The fraction of sp³-hybridized carbons (Fsp3) is 0.562. The standard InChI is InChI=1S/C16H24N2O/c1-2-3-11-17-12-10-13-4-8-15(9-5-13)18-16(19)14-6-7-14/h4-5,8-9,14,17H,2-3,6-7,10-12H2,1H3,(H,18,19). The van der Waals surface area contributed by atoms with Gasteiger partial charge in [-0.25, -0.2) is 0 Å². The normalized spacial score (nSPS) is 14.4. The zero-order valence-electron chi connectivity index (χ0n) is 11.7. The summed E-state index contributed by atoms with van der Waals surface area (Å²) in [6.07, 6.45) is 5.62. The largest absolute Gasteiger partial charge is 0.326 e. The van der Waals surface area contributed by atoms with E-state index in [1.54, 1.807) is 0 Å². The van der Waals surface area contributed by atoms with Crippen molar-refractivity contribution in [2.45, 2.75) is 39.0 Å². The van der Waals surface area contributed by atoms with Crippen molar-refractivity contribution in [3.63, 3.8) is 0 Å². The summed E-state index contributed by atoms with van der Waals surface area (Å²) in [5.74, 6) is 0.441. The highest BCUT2D eigenvalue weighted by Gasteiger charge is 2.29. The second-order valence-corrected chi connectivity index (χ2v) is 5.31. The summed E-state index contributed by atoms with van der Waals surface area (Å²) in [5, 5.41) is 6.40. The second kappa shape index (κ2) is 7.29. The van der Waals surface area contributed by atoms with Gasteiger partial charge in [0.15, 0.2) is 0 Å². The highest BCUT2D eigenvalue weighted by Crippen LogP contribution is 2.30. The van der Waals surface area contributed by atoms with Gasteiger partial charge < -0.3 is 10.6 Å². The van der Waals surface area contributed by atoms with Crippen molar-refractivity contribution >= 4 is 11.6 Å². The van der Waals surface area contributed by atoms with Crippen LogP contribution in [0.2, 0.25) is 0 Å². The van der Waals surface area contributed by atoms with Crippen LogP contribution in [0.15, 0.2) is 24.3 Å². The molecule has 0 bridgehead atoms. The van der Waals surface area contributed by atoms with Gasteiger partial charge in [-0.15, -0.1) is 0 Å². The molecule has 3 nitrogen and oxygen atoms in total. The maximum absolute atomic E-state index is 11.6. The summed E-state index contributed by atoms with van der Waals surface area (Å²) in [7, 11) is 0. The van der Waals surface area contributed by atoms with Crippen molar-refractivity contribution < 1.29 is 4.79 Å². The molecule has 0 radical (unpaired) electrons. The Kier molecular flexibility index (Phi) is 5.40. The summed E-state index contributed by atoms with van der Waals surface area (Å²) in [5.41, 5.74) is 2.23. The number of unbranched alkanes of at least 4 members (excludes halogenated alkanes) is 1.